The fourth-order valence-corrected chi connectivity index (χ4v) is 1.49. The Balaban J connectivity index is 1.98. The molecule has 1 aliphatic carbocycles. The summed E-state index contributed by atoms with van der Waals surface area (Å²) in [5.41, 5.74) is 2.82. The molecule has 0 atom stereocenters. The van der Waals surface area contributed by atoms with Gasteiger partial charge in [0.15, 0.2) is 0 Å². The molecule has 12 heavy (non-hydrogen) atoms. The van der Waals surface area contributed by atoms with Crippen LogP contribution in [0.3, 0.4) is 0 Å². The summed E-state index contributed by atoms with van der Waals surface area (Å²) in [7, 11) is 0. The maximum Gasteiger partial charge on any atom is -0.00670 e. The molecule has 0 bridgehead atoms. The van der Waals surface area contributed by atoms with Crippen LogP contribution in [-0.4, -0.2) is 0 Å². The lowest BCUT2D eigenvalue weighted by Gasteiger charge is -2.02. The maximum absolute atomic E-state index is 4.11. The zero-order valence-corrected chi connectivity index (χ0v) is 7.29. The number of hydrogen-bond acceptors (Lipinski definition) is 0. The first-order valence-electron chi connectivity index (χ1n) is 4.58. The molecule has 1 saturated carbocycles. The molecular formula is C12H14. The molecular weight excluding hydrogens is 144 g/mol. The van der Waals surface area contributed by atoms with Gasteiger partial charge in [0.25, 0.3) is 0 Å². The van der Waals surface area contributed by atoms with Crippen LogP contribution in [0.5, 0.6) is 0 Å². The molecule has 0 heteroatoms. The molecule has 0 aromatic heterocycles. The normalized spacial score (nSPS) is 16.0. The van der Waals surface area contributed by atoms with Crippen molar-refractivity contribution in [2.45, 2.75) is 19.3 Å². The monoisotopic (exact) mass is 158 g/mol. The largest absolute Gasteiger partial charge is 0.0992 e. The summed E-state index contributed by atoms with van der Waals surface area (Å²) in [5, 5.41) is 0. The van der Waals surface area contributed by atoms with E-state index in [0.717, 1.165) is 12.3 Å². The highest BCUT2D eigenvalue weighted by atomic mass is 14.3. The summed E-state index contributed by atoms with van der Waals surface area (Å²) in [6, 6.07) is 10.6. The molecule has 1 fully saturated rings. The fourth-order valence-electron chi connectivity index (χ4n) is 1.49. The second kappa shape index (κ2) is 3.14. The van der Waals surface area contributed by atoms with Gasteiger partial charge in [-0.15, -0.1) is 0 Å². The van der Waals surface area contributed by atoms with E-state index < -0.39 is 0 Å². The lowest BCUT2D eigenvalue weighted by Crippen LogP contribution is -1.89. The third-order valence-corrected chi connectivity index (χ3v) is 2.43. The van der Waals surface area contributed by atoms with Crippen LogP contribution in [0.2, 0.25) is 0 Å². The van der Waals surface area contributed by atoms with Gasteiger partial charge < -0.3 is 0 Å². The Bertz CT molecular complexity index is 267. The molecule has 0 saturated heterocycles. The Labute approximate surface area is 73.9 Å². The first-order valence-corrected chi connectivity index (χ1v) is 4.58. The lowest BCUT2D eigenvalue weighted by atomic mass is 10.0. The standard InChI is InChI=1S/C12H14/c1-10(12-7-8-12)9-11-5-3-2-4-6-11/h2-6,12H,1,7-9H2. The molecule has 0 N–H and O–H groups in total. The van der Waals surface area contributed by atoms with Gasteiger partial charge in [-0.25, -0.2) is 0 Å². The predicted molar refractivity (Wildman–Crippen MR) is 52.0 cm³/mol. The molecule has 1 aromatic rings. The van der Waals surface area contributed by atoms with Gasteiger partial charge in [0.05, 0.1) is 0 Å². The fraction of sp³-hybridized carbons (Fsp3) is 0.333. The van der Waals surface area contributed by atoms with E-state index in [-0.39, 0.29) is 0 Å². The number of hydrogen-bond donors (Lipinski definition) is 0. The van der Waals surface area contributed by atoms with Crippen molar-refractivity contribution >= 4 is 0 Å². The zero-order chi connectivity index (χ0) is 8.39. The minimum atomic E-state index is 0.838. The minimum Gasteiger partial charge on any atom is -0.0992 e. The highest BCUT2D eigenvalue weighted by molar-refractivity contribution is 5.23. The van der Waals surface area contributed by atoms with E-state index >= 15 is 0 Å². The van der Waals surface area contributed by atoms with Crippen molar-refractivity contribution < 1.29 is 0 Å². The van der Waals surface area contributed by atoms with Crippen molar-refractivity contribution in [3.63, 3.8) is 0 Å². The van der Waals surface area contributed by atoms with Crippen LogP contribution in [0.25, 0.3) is 0 Å². The highest BCUT2D eigenvalue weighted by Gasteiger charge is 2.23. The molecule has 0 amide bonds. The molecule has 2 rings (SSSR count). The molecule has 62 valence electrons. The van der Waals surface area contributed by atoms with Crippen LogP contribution in [-0.2, 0) is 6.42 Å². The van der Waals surface area contributed by atoms with E-state index in [1.165, 1.54) is 24.0 Å². The van der Waals surface area contributed by atoms with Crippen molar-refractivity contribution in [1.29, 1.82) is 0 Å². The summed E-state index contributed by atoms with van der Waals surface area (Å²) >= 11 is 0. The first kappa shape index (κ1) is 7.60. The molecule has 1 aliphatic rings. The predicted octanol–water partition coefficient (Wildman–Crippen LogP) is 3.20. The molecule has 0 heterocycles. The summed E-state index contributed by atoms with van der Waals surface area (Å²) < 4.78 is 0. The average Bonchev–Trinajstić information content (AvgIpc) is 2.88. The third kappa shape index (κ3) is 1.76. The third-order valence-electron chi connectivity index (χ3n) is 2.43. The zero-order valence-electron chi connectivity index (χ0n) is 7.29. The van der Waals surface area contributed by atoms with Gasteiger partial charge in [0, 0.05) is 0 Å². The van der Waals surface area contributed by atoms with Crippen LogP contribution in [0.15, 0.2) is 42.5 Å². The van der Waals surface area contributed by atoms with Gasteiger partial charge in [0.2, 0.25) is 0 Å². The van der Waals surface area contributed by atoms with Crippen LogP contribution in [0, 0.1) is 5.92 Å². The van der Waals surface area contributed by atoms with Crippen molar-refractivity contribution in [1.82, 2.24) is 0 Å². The number of allylic oxidation sites excluding steroid dienone is 1. The average molecular weight is 158 g/mol. The Morgan fingerprint density at radius 3 is 2.50 bits per heavy atom. The van der Waals surface area contributed by atoms with Crippen molar-refractivity contribution in [2.75, 3.05) is 0 Å². The smallest absolute Gasteiger partial charge is 0.00670 e. The van der Waals surface area contributed by atoms with E-state index in [1.54, 1.807) is 0 Å². The summed E-state index contributed by atoms with van der Waals surface area (Å²) in [5.74, 6) is 0.838. The van der Waals surface area contributed by atoms with Crippen LogP contribution in [0.1, 0.15) is 18.4 Å². The summed E-state index contributed by atoms with van der Waals surface area (Å²) in [4.78, 5) is 0. The number of rotatable bonds is 3. The van der Waals surface area contributed by atoms with Crippen LogP contribution >= 0.6 is 0 Å². The highest BCUT2D eigenvalue weighted by Crippen LogP contribution is 2.36. The molecule has 0 spiro atoms. The van der Waals surface area contributed by atoms with E-state index in [1.807, 2.05) is 0 Å². The topological polar surface area (TPSA) is 0 Å². The molecule has 0 aliphatic heterocycles. The minimum absolute atomic E-state index is 0.838. The lowest BCUT2D eigenvalue weighted by molar-refractivity contribution is 0.941. The van der Waals surface area contributed by atoms with E-state index in [4.69, 9.17) is 0 Å². The van der Waals surface area contributed by atoms with Crippen LogP contribution < -0.4 is 0 Å². The van der Waals surface area contributed by atoms with E-state index in [2.05, 4.69) is 36.9 Å². The van der Waals surface area contributed by atoms with Gasteiger partial charge in [-0.05, 0) is 30.7 Å². The maximum atomic E-state index is 4.11. The van der Waals surface area contributed by atoms with Crippen molar-refractivity contribution in [3.05, 3.63) is 48.0 Å². The summed E-state index contributed by atoms with van der Waals surface area (Å²) in [6.07, 6.45) is 3.81. The van der Waals surface area contributed by atoms with E-state index in [0.29, 0.717) is 0 Å². The SMILES string of the molecule is C=C(Cc1ccccc1)C1CC1. The van der Waals surface area contributed by atoms with Crippen molar-refractivity contribution in [2.24, 2.45) is 5.92 Å². The Morgan fingerprint density at radius 1 is 1.25 bits per heavy atom. The first-order chi connectivity index (χ1) is 5.86. The summed E-state index contributed by atoms with van der Waals surface area (Å²) in [6.45, 7) is 4.11. The Kier molecular flexibility index (Phi) is 1.99. The Morgan fingerprint density at radius 2 is 1.92 bits per heavy atom. The van der Waals surface area contributed by atoms with Gasteiger partial charge in [-0.2, -0.15) is 0 Å². The molecule has 0 unspecified atom stereocenters. The van der Waals surface area contributed by atoms with Gasteiger partial charge in [-0.1, -0.05) is 42.5 Å². The molecule has 1 aromatic carbocycles. The van der Waals surface area contributed by atoms with E-state index in [9.17, 15) is 0 Å². The van der Waals surface area contributed by atoms with Gasteiger partial charge in [0.1, 0.15) is 0 Å². The second-order valence-corrected chi connectivity index (χ2v) is 3.59. The Hall–Kier alpha value is -1.04. The van der Waals surface area contributed by atoms with Crippen LogP contribution in [0.4, 0.5) is 0 Å². The van der Waals surface area contributed by atoms with Crippen molar-refractivity contribution in [3.8, 4) is 0 Å². The number of benzene rings is 1. The molecule has 0 radical (unpaired) electrons. The quantitative estimate of drug-likeness (QED) is 0.592. The molecule has 0 nitrogen and oxygen atoms in total. The second-order valence-electron chi connectivity index (χ2n) is 3.59. The van der Waals surface area contributed by atoms with Gasteiger partial charge >= 0.3 is 0 Å². The van der Waals surface area contributed by atoms with Gasteiger partial charge in [-0.3, -0.25) is 0 Å².